The summed E-state index contributed by atoms with van der Waals surface area (Å²) in [5.74, 6) is 1.48. The summed E-state index contributed by atoms with van der Waals surface area (Å²) in [6.45, 7) is 2.26. The first-order valence-corrected chi connectivity index (χ1v) is 15.2. The Kier molecular flexibility index (Phi) is 6.51. The summed E-state index contributed by atoms with van der Waals surface area (Å²) in [6, 6.07) is 13.8. The maximum atomic E-state index is 13.2. The maximum absolute atomic E-state index is 13.2. The first kappa shape index (κ1) is 24.5. The Hall–Kier alpha value is -2.80. The van der Waals surface area contributed by atoms with Crippen LogP contribution in [0.3, 0.4) is 0 Å². The summed E-state index contributed by atoms with van der Waals surface area (Å²) in [6.07, 6.45) is 12.8. The molecule has 0 saturated heterocycles. The molecule has 2 heterocycles. The van der Waals surface area contributed by atoms with Gasteiger partial charge in [0, 0.05) is 24.9 Å². The maximum Gasteiger partial charge on any atom is 0.264 e. The topological polar surface area (TPSA) is 75.7 Å². The highest BCUT2D eigenvalue weighted by Crippen LogP contribution is 2.46. The molecule has 6 rings (SSSR count). The van der Waals surface area contributed by atoms with Crippen LogP contribution < -0.4 is 14.4 Å². The quantitative estimate of drug-likeness (QED) is 0.488. The molecule has 7 heteroatoms. The Bertz CT molecular complexity index is 1320. The van der Waals surface area contributed by atoms with E-state index < -0.39 is 15.9 Å². The lowest BCUT2D eigenvalue weighted by atomic mass is 9.69. The first-order valence-electron chi connectivity index (χ1n) is 13.7. The zero-order valence-electron chi connectivity index (χ0n) is 21.3. The Labute approximate surface area is 220 Å². The lowest BCUT2D eigenvalue weighted by Crippen LogP contribution is -2.48. The van der Waals surface area contributed by atoms with Crippen molar-refractivity contribution in [3.63, 3.8) is 0 Å². The van der Waals surface area contributed by atoms with Crippen LogP contribution in [0.1, 0.15) is 62.5 Å². The second-order valence-electron chi connectivity index (χ2n) is 11.3. The van der Waals surface area contributed by atoms with E-state index in [4.69, 9.17) is 4.74 Å². The molecular weight excluding hydrogens is 484 g/mol. The molecule has 1 fully saturated rings. The molecule has 1 amide bonds. The van der Waals surface area contributed by atoms with Gasteiger partial charge in [0.15, 0.2) is 0 Å². The monoisotopic (exact) mass is 520 g/mol. The van der Waals surface area contributed by atoms with E-state index in [2.05, 4.69) is 46.0 Å². The number of ether oxygens (including phenoxy) is 1. The van der Waals surface area contributed by atoms with Gasteiger partial charge in [-0.25, -0.2) is 13.1 Å². The number of sulfonamides is 1. The van der Waals surface area contributed by atoms with Crippen molar-refractivity contribution in [1.29, 1.82) is 0 Å². The smallest absolute Gasteiger partial charge is 0.264 e. The number of allylic oxidation sites excluding steroid dienone is 2. The predicted octanol–water partition coefficient (Wildman–Crippen LogP) is 5.12. The number of carbonyl (C=O) groups is 1. The molecule has 1 spiro atoms. The molecule has 6 nitrogen and oxygen atoms in total. The SMILES string of the molecule is O=C1CCCC=CCC2CCC2CN2CC3(CCCc4ccccc43)COc3ccc(cc32)S(=O)(=O)N1. The number of benzene rings is 2. The minimum atomic E-state index is -3.96. The average Bonchev–Trinajstić information content (AvgIpc) is 3.02. The Morgan fingerprint density at radius 1 is 1.00 bits per heavy atom. The summed E-state index contributed by atoms with van der Waals surface area (Å²) >= 11 is 0. The van der Waals surface area contributed by atoms with Crippen LogP contribution in [0.25, 0.3) is 0 Å². The zero-order chi connectivity index (χ0) is 25.5. The number of hydrogen-bond donors (Lipinski definition) is 1. The highest BCUT2D eigenvalue weighted by Gasteiger charge is 2.43. The molecule has 0 aromatic heterocycles. The van der Waals surface area contributed by atoms with Crippen molar-refractivity contribution in [3.05, 3.63) is 65.7 Å². The second-order valence-corrected chi connectivity index (χ2v) is 13.0. The standard InChI is InChI=1S/C30H36N2O4S/c33-29-12-4-2-1-3-8-22-13-14-24(22)19-32-20-30(17-7-10-23-9-5-6-11-26(23)30)21-36-28-16-15-25(18-27(28)32)37(34,35)31-29/h1,3,5-6,9,11,15-16,18,22,24H,2,4,7-8,10,12-14,17,19-21H2,(H,31,33). The van der Waals surface area contributed by atoms with E-state index in [1.54, 1.807) is 18.2 Å². The number of hydrogen-bond acceptors (Lipinski definition) is 5. The summed E-state index contributed by atoms with van der Waals surface area (Å²) in [4.78, 5) is 14.9. The molecule has 3 unspecified atom stereocenters. The zero-order valence-corrected chi connectivity index (χ0v) is 22.1. The fourth-order valence-electron chi connectivity index (χ4n) is 6.73. The minimum Gasteiger partial charge on any atom is -0.490 e. The third-order valence-electron chi connectivity index (χ3n) is 8.93. The van der Waals surface area contributed by atoms with Crippen LogP contribution >= 0.6 is 0 Å². The van der Waals surface area contributed by atoms with E-state index in [-0.39, 0.29) is 16.7 Å². The molecule has 1 N–H and O–H groups in total. The highest BCUT2D eigenvalue weighted by atomic mass is 32.2. The number of amides is 1. The van der Waals surface area contributed by atoms with E-state index in [9.17, 15) is 13.2 Å². The number of nitrogens with zero attached hydrogens (tertiary/aromatic N) is 1. The van der Waals surface area contributed by atoms with Gasteiger partial charge in [0.05, 0.1) is 17.2 Å². The van der Waals surface area contributed by atoms with Gasteiger partial charge in [0.2, 0.25) is 5.91 Å². The molecule has 37 heavy (non-hydrogen) atoms. The molecule has 2 aliphatic carbocycles. The summed E-state index contributed by atoms with van der Waals surface area (Å²) in [5.41, 5.74) is 3.45. The second kappa shape index (κ2) is 9.82. The Morgan fingerprint density at radius 2 is 1.86 bits per heavy atom. The number of nitrogens with one attached hydrogen (secondary N) is 1. The minimum absolute atomic E-state index is 0.116. The van der Waals surface area contributed by atoms with Gasteiger partial charge in [-0.1, -0.05) is 36.4 Å². The van der Waals surface area contributed by atoms with Gasteiger partial charge < -0.3 is 9.64 Å². The fraction of sp³-hybridized carbons (Fsp3) is 0.500. The van der Waals surface area contributed by atoms with Crippen LogP contribution in [0, 0.1) is 11.8 Å². The van der Waals surface area contributed by atoms with Crippen molar-refractivity contribution < 1.29 is 17.9 Å². The molecule has 0 radical (unpaired) electrons. The van der Waals surface area contributed by atoms with E-state index in [1.165, 1.54) is 24.0 Å². The number of fused-ring (bicyclic) bond motifs is 4. The third kappa shape index (κ3) is 4.78. The van der Waals surface area contributed by atoms with Gasteiger partial charge in [-0.15, -0.1) is 0 Å². The lowest BCUT2D eigenvalue weighted by molar-refractivity contribution is -0.119. The number of anilines is 1. The van der Waals surface area contributed by atoms with Gasteiger partial charge in [0.1, 0.15) is 5.75 Å². The molecule has 2 bridgehead atoms. The summed E-state index contributed by atoms with van der Waals surface area (Å²) < 4.78 is 35.1. The van der Waals surface area contributed by atoms with Gasteiger partial charge in [-0.05, 0) is 92.5 Å². The molecule has 2 aliphatic heterocycles. The van der Waals surface area contributed by atoms with Crippen LogP contribution in [-0.4, -0.2) is 34.0 Å². The lowest BCUT2D eigenvalue weighted by Gasteiger charge is -2.44. The van der Waals surface area contributed by atoms with E-state index in [0.29, 0.717) is 24.9 Å². The van der Waals surface area contributed by atoms with Crippen LogP contribution in [0.2, 0.25) is 0 Å². The Morgan fingerprint density at radius 3 is 2.73 bits per heavy atom. The van der Waals surface area contributed by atoms with Crippen molar-refractivity contribution in [2.24, 2.45) is 11.8 Å². The molecular formula is C30H36N2O4S. The number of aryl methyl sites for hydroxylation is 1. The number of carbonyl (C=O) groups excluding carboxylic acids is 1. The van der Waals surface area contributed by atoms with E-state index in [0.717, 1.165) is 56.6 Å². The molecule has 2 aromatic carbocycles. The normalized spacial score (nSPS) is 29.2. The predicted molar refractivity (Wildman–Crippen MR) is 144 cm³/mol. The summed E-state index contributed by atoms with van der Waals surface area (Å²) in [7, 11) is -3.96. The van der Waals surface area contributed by atoms with E-state index >= 15 is 0 Å². The van der Waals surface area contributed by atoms with Crippen molar-refractivity contribution in [3.8, 4) is 5.75 Å². The average molecular weight is 521 g/mol. The van der Waals surface area contributed by atoms with Gasteiger partial charge in [-0.2, -0.15) is 0 Å². The molecule has 196 valence electrons. The van der Waals surface area contributed by atoms with E-state index in [1.807, 2.05) is 0 Å². The fourth-order valence-corrected chi connectivity index (χ4v) is 7.76. The van der Waals surface area contributed by atoms with Crippen molar-refractivity contribution in [2.75, 3.05) is 24.6 Å². The van der Waals surface area contributed by atoms with Crippen LogP contribution in [0.5, 0.6) is 5.75 Å². The Balaban J connectivity index is 1.42. The van der Waals surface area contributed by atoms with Crippen molar-refractivity contribution in [2.45, 2.75) is 68.1 Å². The summed E-state index contributed by atoms with van der Waals surface area (Å²) in [5, 5.41) is 0. The molecule has 1 saturated carbocycles. The largest absolute Gasteiger partial charge is 0.490 e. The first-order chi connectivity index (χ1) is 17.9. The molecule has 3 atom stereocenters. The van der Waals surface area contributed by atoms with Gasteiger partial charge in [0.25, 0.3) is 10.0 Å². The molecule has 2 aromatic rings. The third-order valence-corrected chi connectivity index (χ3v) is 10.3. The number of rotatable bonds is 0. The van der Waals surface area contributed by atoms with Crippen molar-refractivity contribution >= 4 is 21.6 Å². The van der Waals surface area contributed by atoms with Gasteiger partial charge in [-0.3, -0.25) is 4.79 Å². The highest BCUT2D eigenvalue weighted by molar-refractivity contribution is 7.90. The van der Waals surface area contributed by atoms with Crippen molar-refractivity contribution in [1.82, 2.24) is 4.72 Å². The van der Waals surface area contributed by atoms with Crippen LogP contribution in [-0.2, 0) is 26.7 Å². The van der Waals surface area contributed by atoms with Crippen LogP contribution in [0.15, 0.2) is 59.5 Å². The van der Waals surface area contributed by atoms with Crippen LogP contribution in [0.4, 0.5) is 5.69 Å². The van der Waals surface area contributed by atoms with Gasteiger partial charge >= 0.3 is 0 Å². The molecule has 4 aliphatic rings.